The van der Waals surface area contributed by atoms with Crippen LogP contribution in [-0.4, -0.2) is 26.3 Å². The Labute approximate surface area is 144 Å². The van der Waals surface area contributed by atoms with Gasteiger partial charge in [0.15, 0.2) is 0 Å². The first-order chi connectivity index (χ1) is 11.6. The van der Waals surface area contributed by atoms with E-state index < -0.39 is 11.2 Å². The topological polar surface area (TPSA) is 81.8 Å². The van der Waals surface area contributed by atoms with E-state index in [9.17, 15) is 4.79 Å². The summed E-state index contributed by atoms with van der Waals surface area (Å²) in [5.74, 6) is -0.406. The van der Waals surface area contributed by atoms with Crippen LogP contribution in [0, 0.1) is 0 Å². The van der Waals surface area contributed by atoms with Gasteiger partial charge >= 0.3 is 0 Å². The van der Waals surface area contributed by atoms with Crippen LogP contribution in [0.25, 0.3) is 22.5 Å². The molecule has 2 N–H and O–H groups in total. The molecule has 0 radical (unpaired) electrons. The molecule has 0 spiro atoms. The Kier molecular flexibility index (Phi) is 4.86. The average Bonchev–Trinajstić information content (AvgIpc) is 2.63. The van der Waals surface area contributed by atoms with Crippen LogP contribution in [0.15, 0.2) is 65.8 Å². The van der Waals surface area contributed by atoms with E-state index in [-0.39, 0.29) is 0 Å². The number of rotatable bonds is 5. The highest BCUT2D eigenvalue weighted by atomic mass is 32.2. The van der Waals surface area contributed by atoms with E-state index in [0.717, 1.165) is 16.8 Å². The minimum atomic E-state index is -0.419. The van der Waals surface area contributed by atoms with Crippen molar-refractivity contribution in [2.75, 3.05) is 0 Å². The van der Waals surface area contributed by atoms with Gasteiger partial charge in [-0.25, -0.2) is 4.98 Å². The zero-order valence-corrected chi connectivity index (χ0v) is 13.9. The van der Waals surface area contributed by atoms with Gasteiger partial charge in [-0.05, 0) is 6.92 Å². The number of carbonyl (C=O) groups excluding carboxylic acids is 1. The van der Waals surface area contributed by atoms with Gasteiger partial charge in [-0.1, -0.05) is 72.4 Å². The van der Waals surface area contributed by atoms with Crippen molar-refractivity contribution in [1.82, 2.24) is 15.2 Å². The van der Waals surface area contributed by atoms with Gasteiger partial charge in [-0.3, -0.25) is 4.79 Å². The number of nitrogens with two attached hydrogens (primary N) is 1. The molecule has 0 aliphatic heterocycles. The molecule has 3 rings (SSSR count). The zero-order valence-electron chi connectivity index (χ0n) is 13.1. The highest BCUT2D eigenvalue weighted by Gasteiger charge is 2.17. The summed E-state index contributed by atoms with van der Waals surface area (Å²) in [5, 5.41) is 8.52. The lowest BCUT2D eigenvalue weighted by Gasteiger charge is -2.10. The summed E-state index contributed by atoms with van der Waals surface area (Å²) in [7, 11) is 0. The third-order valence-electron chi connectivity index (χ3n) is 3.44. The number of thioether (sulfide) groups is 1. The Bertz CT molecular complexity index is 840. The summed E-state index contributed by atoms with van der Waals surface area (Å²) in [6.07, 6.45) is 0. The Balaban J connectivity index is 2.08. The van der Waals surface area contributed by atoms with Crippen molar-refractivity contribution in [2.24, 2.45) is 5.73 Å². The molecule has 1 amide bonds. The lowest BCUT2D eigenvalue weighted by Crippen LogP contribution is -2.22. The lowest BCUT2D eigenvalue weighted by molar-refractivity contribution is -0.117. The molecule has 0 bridgehead atoms. The third-order valence-corrected chi connectivity index (χ3v) is 4.41. The molecule has 2 aromatic carbocycles. The number of nitrogens with zero attached hydrogens (tertiary/aromatic N) is 3. The summed E-state index contributed by atoms with van der Waals surface area (Å²) >= 11 is 1.21. The van der Waals surface area contributed by atoms with Gasteiger partial charge in [0, 0.05) is 11.1 Å². The molecule has 0 fully saturated rings. The molecule has 1 heterocycles. The molecule has 6 heteroatoms. The monoisotopic (exact) mass is 336 g/mol. The normalized spacial score (nSPS) is 11.9. The van der Waals surface area contributed by atoms with E-state index in [2.05, 4.69) is 15.2 Å². The number of hydrogen-bond donors (Lipinski definition) is 1. The van der Waals surface area contributed by atoms with Crippen LogP contribution in [0.2, 0.25) is 0 Å². The van der Waals surface area contributed by atoms with Crippen LogP contribution in [-0.2, 0) is 4.79 Å². The van der Waals surface area contributed by atoms with Crippen molar-refractivity contribution in [3.05, 3.63) is 60.7 Å². The van der Waals surface area contributed by atoms with Crippen molar-refractivity contribution in [3.63, 3.8) is 0 Å². The van der Waals surface area contributed by atoms with Crippen LogP contribution in [0.3, 0.4) is 0 Å². The number of hydrogen-bond acceptors (Lipinski definition) is 5. The van der Waals surface area contributed by atoms with Gasteiger partial charge in [0.25, 0.3) is 0 Å². The minimum absolute atomic E-state index is 0.406. The molecule has 0 aliphatic rings. The van der Waals surface area contributed by atoms with Crippen LogP contribution in [0.1, 0.15) is 6.92 Å². The van der Waals surface area contributed by atoms with E-state index in [1.807, 2.05) is 60.7 Å². The number of primary amides is 1. The Morgan fingerprint density at radius 2 is 1.46 bits per heavy atom. The van der Waals surface area contributed by atoms with E-state index in [0.29, 0.717) is 10.9 Å². The molecule has 0 saturated heterocycles. The van der Waals surface area contributed by atoms with Gasteiger partial charge in [0.2, 0.25) is 11.1 Å². The van der Waals surface area contributed by atoms with E-state index in [4.69, 9.17) is 5.73 Å². The van der Waals surface area contributed by atoms with E-state index in [1.165, 1.54) is 11.8 Å². The quantitative estimate of drug-likeness (QED) is 0.724. The van der Waals surface area contributed by atoms with Crippen LogP contribution < -0.4 is 5.73 Å². The fraction of sp³-hybridized carbons (Fsp3) is 0.111. The Hall–Kier alpha value is -2.73. The first kappa shape index (κ1) is 16.1. The van der Waals surface area contributed by atoms with Crippen molar-refractivity contribution in [1.29, 1.82) is 0 Å². The molecule has 5 nitrogen and oxygen atoms in total. The smallest absolute Gasteiger partial charge is 0.230 e. The minimum Gasteiger partial charge on any atom is -0.369 e. The molecule has 1 atom stereocenters. The molecule has 3 aromatic rings. The van der Waals surface area contributed by atoms with Crippen molar-refractivity contribution >= 4 is 17.7 Å². The second kappa shape index (κ2) is 7.23. The average molecular weight is 336 g/mol. The first-order valence-electron chi connectivity index (χ1n) is 7.46. The maximum atomic E-state index is 11.3. The molecule has 24 heavy (non-hydrogen) atoms. The van der Waals surface area contributed by atoms with E-state index >= 15 is 0 Å². The van der Waals surface area contributed by atoms with Crippen molar-refractivity contribution < 1.29 is 4.79 Å². The fourth-order valence-corrected chi connectivity index (χ4v) is 2.83. The largest absolute Gasteiger partial charge is 0.369 e. The molecule has 0 saturated carbocycles. The maximum Gasteiger partial charge on any atom is 0.230 e. The SMILES string of the molecule is CC(Sc1nnc(-c2ccccc2)c(-c2ccccc2)n1)C(N)=O. The first-order valence-corrected chi connectivity index (χ1v) is 8.34. The number of benzene rings is 2. The number of aromatic nitrogens is 3. The summed E-state index contributed by atoms with van der Waals surface area (Å²) in [5.41, 5.74) is 8.64. The van der Waals surface area contributed by atoms with Gasteiger partial charge in [-0.15, -0.1) is 10.2 Å². The summed E-state index contributed by atoms with van der Waals surface area (Å²) in [4.78, 5) is 15.9. The Morgan fingerprint density at radius 1 is 0.917 bits per heavy atom. The maximum absolute atomic E-state index is 11.3. The van der Waals surface area contributed by atoms with Gasteiger partial charge in [0.05, 0.1) is 5.25 Å². The predicted octanol–water partition coefficient (Wildman–Crippen LogP) is 3.17. The van der Waals surface area contributed by atoms with Gasteiger partial charge in [-0.2, -0.15) is 0 Å². The van der Waals surface area contributed by atoms with Crippen molar-refractivity contribution in [3.8, 4) is 22.5 Å². The predicted molar refractivity (Wildman–Crippen MR) is 95.2 cm³/mol. The third kappa shape index (κ3) is 3.60. The molecule has 1 aromatic heterocycles. The second-order valence-electron chi connectivity index (χ2n) is 5.19. The van der Waals surface area contributed by atoms with Gasteiger partial charge < -0.3 is 5.73 Å². The highest BCUT2D eigenvalue weighted by Crippen LogP contribution is 2.30. The summed E-state index contributed by atoms with van der Waals surface area (Å²) in [6.45, 7) is 1.73. The van der Waals surface area contributed by atoms with Crippen molar-refractivity contribution in [2.45, 2.75) is 17.3 Å². The molecular formula is C18H16N4OS. The summed E-state index contributed by atoms with van der Waals surface area (Å²) in [6, 6.07) is 19.6. The lowest BCUT2D eigenvalue weighted by atomic mass is 10.0. The second-order valence-corrected chi connectivity index (χ2v) is 6.49. The number of amides is 1. The Morgan fingerprint density at radius 3 is 2.00 bits per heavy atom. The van der Waals surface area contributed by atoms with Crippen LogP contribution in [0.4, 0.5) is 0 Å². The zero-order chi connectivity index (χ0) is 16.9. The van der Waals surface area contributed by atoms with Gasteiger partial charge in [0.1, 0.15) is 11.4 Å². The highest BCUT2D eigenvalue weighted by molar-refractivity contribution is 8.00. The molecular weight excluding hydrogens is 320 g/mol. The number of carbonyl (C=O) groups is 1. The molecule has 1 unspecified atom stereocenters. The standard InChI is InChI=1S/C18H16N4OS/c1-12(17(19)23)24-18-20-15(13-8-4-2-5-9-13)16(21-22-18)14-10-6-3-7-11-14/h2-12H,1H3,(H2,19,23). The van der Waals surface area contributed by atoms with E-state index in [1.54, 1.807) is 6.92 Å². The molecule has 0 aliphatic carbocycles. The summed E-state index contributed by atoms with van der Waals surface area (Å²) < 4.78 is 0. The van der Waals surface area contributed by atoms with Crippen LogP contribution >= 0.6 is 11.8 Å². The fourth-order valence-electron chi connectivity index (χ4n) is 2.16. The van der Waals surface area contributed by atoms with Crippen LogP contribution in [0.5, 0.6) is 0 Å². The molecule has 120 valence electrons.